The summed E-state index contributed by atoms with van der Waals surface area (Å²) < 4.78 is 6.89. The van der Waals surface area contributed by atoms with Crippen LogP contribution in [0.5, 0.6) is 0 Å². The lowest BCUT2D eigenvalue weighted by molar-refractivity contribution is -0.147. The molecule has 0 aliphatic rings. The van der Waals surface area contributed by atoms with E-state index < -0.39 is 11.6 Å². The number of rotatable bonds is 2. The second kappa shape index (κ2) is 4.61. The predicted octanol–water partition coefficient (Wildman–Crippen LogP) is 1.37. The van der Waals surface area contributed by atoms with E-state index in [4.69, 9.17) is 10.5 Å². The van der Waals surface area contributed by atoms with E-state index in [0.29, 0.717) is 11.3 Å². The molecule has 0 aliphatic carbocycles. The number of carbonyl (C=O) groups is 1. The average molecular weight is 237 g/mol. The highest BCUT2D eigenvalue weighted by molar-refractivity contribution is 6.15. The lowest BCUT2D eigenvalue weighted by Crippen LogP contribution is -2.25. The van der Waals surface area contributed by atoms with Gasteiger partial charge in [-0.2, -0.15) is 5.10 Å². The minimum absolute atomic E-state index is 0.322. The maximum Gasteiger partial charge on any atom is 0.342 e. The number of hydrogen-bond acceptors (Lipinski definition) is 4. The molecule has 1 aromatic rings. The number of esters is 1. The second-order valence-corrected chi connectivity index (χ2v) is 4.88. The molecular weight excluding hydrogens is 218 g/mol. The van der Waals surface area contributed by atoms with Gasteiger partial charge in [0.25, 0.3) is 0 Å². The van der Waals surface area contributed by atoms with Crippen molar-refractivity contribution in [3.63, 3.8) is 0 Å². The third-order valence-electron chi connectivity index (χ3n) is 2.06. The molecule has 1 rings (SSSR count). The van der Waals surface area contributed by atoms with Crippen LogP contribution in [-0.2, 0) is 16.6 Å². The van der Waals surface area contributed by atoms with Crippen LogP contribution < -0.4 is 5.73 Å². The standard InChI is InChI=1S/C12H19N3O2/c1-8-6-10(15(5)14-8)9(7-13)11(16)17-12(2,3)4/h6-7H,13H2,1-5H3/b9-7-. The topological polar surface area (TPSA) is 70.1 Å². The Hall–Kier alpha value is -1.78. The number of ether oxygens (including phenoxy) is 1. The van der Waals surface area contributed by atoms with Gasteiger partial charge in [0.1, 0.15) is 11.2 Å². The van der Waals surface area contributed by atoms with Crippen LogP contribution in [0.4, 0.5) is 0 Å². The minimum atomic E-state index is -0.543. The first-order valence-corrected chi connectivity index (χ1v) is 5.41. The molecule has 0 radical (unpaired) electrons. The zero-order valence-electron chi connectivity index (χ0n) is 10.9. The van der Waals surface area contributed by atoms with Crippen molar-refractivity contribution in [1.82, 2.24) is 9.78 Å². The molecule has 0 spiro atoms. The molecule has 0 saturated carbocycles. The summed E-state index contributed by atoms with van der Waals surface area (Å²) in [4.78, 5) is 11.9. The maximum atomic E-state index is 11.9. The van der Waals surface area contributed by atoms with Gasteiger partial charge in [-0.25, -0.2) is 4.79 Å². The predicted molar refractivity (Wildman–Crippen MR) is 66.0 cm³/mol. The van der Waals surface area contributed by atoms with Crippen molar-refractivity contribution >= 4 is 11.5 Å². The van der Waals surface area contributed by atoms with Gasteiger partial charge in [0.15, 0.2) is 0 Å². The molecule has 94 valence electrons. The maximum absolute atomic E-state index is 11.9. The summed E-state index contributed by atoms with van der Waals surface area (Å²) in [5.74, 6) is -0.442. The van der Waals surface area contributed by atoms with Gasteiger partial charge in [-0.15, -0.1) is 0 Å². The van der Waals surface area contributed by atoms with E-state index in [0.717, 1.165) is 5.69 Å². The monoisotopic (exact) mass is 237 g/mol. The van der Waals surface area contributed by atoms with Crippen molar-refractivity contribution < 1.29 is 9.53 Å². The van der Waals surface area contributed by atoms with Crippen molar-refractivity contribution in [1.29, 1.82) is 0 Å². The lowest BCUT2D eigenvalue weighted by Gasteiger charge is -2.20. The van der Waals surface area contributed by atoms with Crippen molar-refractivity contribution in [2.45, 2.75) is 33.3 Å². The highest BCUT2D eigenvalue weighted by Crippen LogP contribution is 2.19. The average Bonchev–Trinajstić information content (AvgIpc) is 2.43. The molecule has 0 amide bonds. The van der Waals surface area contributed by atoms with E-state index in [2.05, 4.69) is 5.10 Å². The Balaban J connectivity index is 3.02. The fourth-order valence-corrected chi connectivity index (χ4v) is 1.45. The van der Waals surface area contributed by atoms with Crippen LogP contribution in [0.2, 0.25) is 0 Å². The summed E-state index contributed by atoms with van der Waals surface area (Å²) in [6.07, 6.45) is 1.25. The van der Waals surface area contributed by atoms with Gasteiger partial charge in [-0.05, 0) is 33.8 Å². The molecular formula is C12H19N3O2. The van der Waals surface area contributed by atoms with E-state index in [-0.39, 0.29) is 0 Å². The van der Waals surface area contributed by atoms with Crippen LogP contribution in [0, 0.1) is 6.92 Å². The number of aryl methyl sites for hydroxylation is 2. The van der Waals surface area contributed by atoms with E-state index in [1.165, 1.54) is 6.20 Å². The summed E-state index contributed by atoms with van der Waals surface area (Å²) in [5, 5.41) is 4.17. The molecule has 0 bridgehead atoms. The second-order valence-electron chi connectivity index (χ2n) is 4.88. The number of nitrogens with zero attached hydrogens (tertiary/aromatic N) is 2. The quantitative estimate of drug-likeness (QED) is 0.623. The van der Waals surface area contributed by atoms with E-state index in [1.54, 1.807) is 17.8 Å². The molecule has 17 heavy (non-hydrogen) atoms. The fourth-order valence-electron chi connectivity index (χ4n) is 1.45. The van der Waals surface area contributed by atoms with Crippen molar-refractivity contribution in [2.24, 2.45) is 12.8 Å². The molecule has 0 fully saturated rings. The van der Waals surface area contributed by atoms with Crippen LogP contribution in [-0.4, -0.2) is 21.4 Å². The first kappa shape index (κ1) is 13.3. The normalized spacial score (nSPS) is 12.6. The molecule has 5 nitrogen and oxygen atoms in total. The molecule has 2 N–H and O–H groups in total. The van der Waals surface area contributed by atoms with Gasteiger partial charge in [0, 0.05) is 13.2 Å². The van der Waals surface area contributed by atoms with Crippen LogP contribution in [0.25, 0.3) is 5.57 Å². The van der Waals surface area contributed by atoms with E-state index in [9.17, 15) is 4.79 Å². The zero-order chi connectivity index (χ0) is 13.2. The highest BCUT2D eigenvalue weighted by Gasteiger charge is 2.22. The Kier molecular flexibility index (Phi) is 3.60. The SMILES string of the molecule is Cc1cc(/C(=C/N)C(=O)OC(C)(C)C)n(C)n1. The fraction of sp³-hybridized carbons (Fsp3) is 0.500. The Labute approximate surface area is 101 Å². The number of hydrogen-bond donors (Lipinski definition) is 1. The molecule has 0 aliphatic heterocycles. The van der Waals surface area contributed by atoms with Crippen molar-refractivity contribution in [2.75, 3.05) is 0 Å². The molecule has 0 unspecified atom stereocenters. The van der Waals surface area contributed by atoms with E-state index >= 15 is 0 Å². The molecule has 5 heteroatoms. The number of carbonyl (C=O) groups excluding carboxylic acids is 1. The number of nitrogens with two attached hydrogens (primary N) is 1. The molecule has 1 heterocycles. The van der Waals surface area contributed by atoms with Gasteiger partial charge < -0.3 is 10.5 Å². The third-order valence-corrected chi connectivity index (χ3v) is 2.06. The summed E-state index contributed by atoms with van der Waals surface area (Å²) in [6.45, 7) is 7.29. The third kappa shape index (κ3) is 3.34. The largest absolute Gasteiger partial charge is 0.456 e. The van der Waals surface area contributed by atoms with Crippen LogP contribution >= 0.6 is 0 Å². The molecule has 0 aromatic carbocycles. The van der Waals surface area contributed by atoms with Crippen LogP contribution in [0.3, 0.4) is 0 Å². The Morgan fingerprint density at radius 3 is 2.47 bits per heavy atom. The van der Waals surface area contributed by atoms with Crippen molar-refractivity contribution in [3.05, 3.63) is 23.7 Å². The first-order chi connectivity index (χ1) is 7.74. The molecule has 0 atom stereocenters. The number of aromatic nitrogens is 2. The summed E-state index contributed by atoms with van der Waals surface area (Å²) in [6, 6.07) is 1.79. The van der Waals surface area contributed by atoms with E-state index in [1.807, 2.05) is 27.7 Å². The van der Waals surface area contributed by atoms with Gasteiger partial charge in [0.05, 0.1) is 11.4 Å². The Morgan fingerprint density at radius 1 is 1.53 bits per heavy atom. The Bertz CT molecular complexity index is 453. The molecule has 1 aromatic heterocycles. The van der Waals surface area contributed by atoms with Gasteiger partial charge in [-0.3, -0.25) is 4.68 Å². The summed E-state index contributed by atoms with van der Waals surface area (Å²) in [5.41, 5.74) is 6.75. The minimum Gasteiger partial charge on any atom is -0.456 e. The zero-order valence-corrected chi connectivity index (χ0v) is 10.9. The van der Waals surface area contributed by atoms with Gasteiger partial charge in [-0.1, -0.05) is 0 Å². The van der Waals surface area contributed by atoms with Crippen molar-refractivity contribution in [3.8, 4) is 0 Å². The van der Waals surface area contributed by atoms with Crippen LogP contribution in [0.15, 0.2) is 12.3 Å². The summed E-state index contributed by atoms with van der Waals surface area (Å²) >= 11 is 0. The molecule has 0 saturated heterocycles. The lowest BCUT2D eigenvalue weighted by atomic mass is 10.1. The van der Waals surface area contributed by atoms with Gasteiger partial charge >= 0.3 is 5.97 Å². The highest BCUT2D eigenvalue weighted by atomic mass is 16.6. The summed E-state index contributed by atoms with van der Waals surface area (Å²) in [7, 11) is 1.76. The smallest absolute Gasteiger partial charge is 0.342 e. The van der Waals surface area contributed by atoms with Crippen LogP contribution in [0.1, 0.15) is 32.2 Å². The Morgan fingerprint density at radius 2 is 2.12 bits per heavy atom. The van der Waals surface area contributed by atoms with Gasteiger partial charge in [0.2, 0.25) is 0 Å². The first-order valence-electron chi connectivity index (χ1n) is 5.41.